The molecule has 98 valence electrons. The predicted molar refractivity (Wildman–Crippen MR) is 67.5 cm³/mol. The Kier molecular flexibility index (Phi) is 3.43. The summed E-state index contributed by atoms with van der Waals surface area (Å²) in [5.74, 6) is 2.38. The van der Waals surface area contributed by atoms with Crippen LogP contribution in [0.4, 0.5) is 0 Å². The summed E-state index contributed by atoms with van der Waals surface area (Å²) in [6, 6.07) is 0. The molecule has 3 aliphatic rings. The van der Waals surface area contributed by atoms with Crippen molar-refractivity contribution in [2.24, 2.45) is 20.9 Å². The van der Waals surface area contributed by atoms with E-state index < -0.39 is 0 Å². The molecule has 0 saturated carbocycles. The lowest BCUT2D eigenvalue weighted by molar-refractivity contribution is 0.299. The van der Waals surface area contributed by atoms with Gasteiger partial charge in [0.05, 0.1) is 19.6 Å². The topological polar surface area (TPSA) is 64.8 Å². The van der Waals surface area contributed by atoms with Crippen LogP contribution in [-0.4, -0.2) is 57.1 Å². The van der Waals surface area contributed by atoms with Crippen molar-refractivity contribution in [2.75, 3.05) is 39.5 Å². The number of hydrogen-bond acceptors (Lipinski definition) is 6. The first-order valence-corrected chi connectivity index (χ1v) is 6.44. The Morgan fingerprint density at radius 1 is 0.833 bits per heavy atom. The normalized spacial score (nSPS) is 22.2. The summed E-state index contributed by atoms with van der Waals surface area (Å²) < 4.78 is 16.5. The molecule has 0 unspecified atom stereocenters. The van der Waals surface area contributed by atoms with Gasteiger partial charge in [0.15, 0.2) is 17.7 Å². The lowest BCUT2D eigenvalue weighted by Crippen LogP contribution is -2.26. The van der Waals surface area contributed by atoms with Crippen LogP contribution >= 0.6 is 0 Å². The number of ether oxygens (including phenoxy) is 3. The zero-order valence-corrected chi connectivity index (χ0v) is 10.3. The number of rotatable bonds is 5. The Labute approximate surface area is 106 Å². The van der Waals surface area contributed by atoms with Crippen molar-refractivity contribution in [2.45, 2.75) is 12.8 Å². The van der Waals surface area contributed by atoms with Gasteiger partial charge >= 0.3 is 0 Å². The second-order valence-electron chi connectivity index (χ2n) is 4.35. The van der Waals surface area contributed by atoms with Crippen molar-refractivity contribution in [3.8, 4) is 0 Å². The molecule has 3 rings (SSSR count). The minimum absolute atomic E-state index is 0.0295. The highest BCUT2D eigenvalue weighted by atomic mass is 16.5. The Bertz CT molecular complexity index is 379. The smallest absolute Gasteiger partial charge is 0.196 e. The molecule has 0 atom stereocenters. The van der Waals surface area contributed by atoms with E-state index in [1.165, 1.54) is 0 Å². The molecular weight excluding hydrogens is 234 g/mol. The fraction of sp³-hybridized carbons (Fsp3) is 0.750. The molecule has 0 aromatic carbocycles. The van der Waals surface area contributed by atoms with Crippen LogP contribution < -0.4 is 0 Å². The zero-order chi connectivity index (χ0) is 12.2. The van der Waals surface area contributed by atoms with E-state index in [0.717, 1.165) is 50.2 Å². The average Bonchev–Trinajstić information content (AvgIpc) is 3.14. The van der Waals surface area contributed by atoms with Crippen molar-refractivity contribution in [3.63, 3.8) is 0 Å². The summed E-state index contributed by atoms with van der Waals surface area (Å²) in [6.07, 6.45) is 1.62. The van der Waals surface area contributed by atoms with Gasteiger partial charge in [0, 0.05) is 6.42 Å². The fourth-order valence-electron chi connectivity index (χ4n) is 2.28. The van der Waals surface area contributed by atoms with Gasteiger partial charge in [-0.15, -0.1) is 0 Å². The lowest BCUT2D eigenvalue weighted by atomic mass is 10.0. The number of hydrogen-bond donors (Lipinski definition) is 0. The van der Waals surface area contributed by atoms with Crippen LogP contribution in [0.25, 0.3) is 0 Å². The van der Waals surface area contributed by atoms with Crippen LogP contribution in [0.1, 0.15) is 12.8 Å². The second-order valence-corrected chi connectivity index (χ2v) is 4.35. The van der Waals surface area contributed by atoms with E-state index in [1.807, 2.05) is 0 Å². The van der Waals surface area contributed by atoms with Crippen LogP contribution in [0.15, 0.2) is 15.0 Å². The first kappa shape index (κ1) is 11.5. The van der Waals surface area contributed by atoms with Crippen LogP contribution in [0.3, 0.4) is 0 Å². The minimum Gasteiger partial charge on any atom is -0.479 e. The highest BCUT2D eigenvalue weighted by Crippen LogP contribution is 2.19. The summed E-state index contributed by atoms with van der Waals surface area (Å²) >= 11 is 0. The molecule has 0 spiro atoms. The second kappa shape index (κ2) is 5.37. The van der Waals surface area contributed by atoms with E-state index in [9.17, 15) is 0 Å². The van der Waals surface area contributed by atoms with Gasteiger partial charge in [-0.3, -0.25) is 15.0 Å². The highest BCUT2D eigenvalue weighted by molar-refractivity contribution is 6.01. The molecule has 6 nitrogen and oxygen atoms in total. The van der Waals surface area contributed by atoms with Gasteiger partial charge in [-0.25, -0.2) is 0 Å². The molecule has 3 heterocycles. The van der Waals surface area contributed by atoms with E-state index >= 15 is 0 Å². The van der Waals surface area contributed by atoms with Crippen molar-refractivity contribution in [1.29, 1.82) is 0 Å². The SMILES string of the molecule is C1COC(CCC(C2=NCCO2)C2=NCCO2)=N1. The third-order valence-corrected chi connectivity index (χ3v) is 3.11. The van der Waals surface area contributed by atoms with Gasteiger partial charge in [-0.05, 0) is 6.42 Å². The van der Waals surface area contributed by atoms with E-state index in [2.05, 4.69) is 15.0 Å². The van der Waals surface area contributed by atoms with Gasteiger partial charge in [-0.1, -0.05) is 0 Å². The molecule has 0 aromatic rings. The predicted octanol–water partition coefficient (Wildman–Crippen LogP) is 0.669. The van der Waals surface area contributed by atoms with Gasteiger partial charge in [-0.2, -0.15) is 0 Å². The van der Waals surface area contributed by atoms with Crippen molar-refractivity contribution < 1.29 is 14.2 Å². The monoisotopic (exact) mass is 251 g/mol. The Hall–Kier alpha value is -1.59. The Morgan fingerprint density at radius 3 is 1.94 bits per heavy atom. The minimum atomic E-state index is 0.0295. The zero-order valence-electron chi connectivity index (χ0n) is 10.3. The fourth-order valence-corrected chi connectivity index (χ4v) is 2.28. The first-order valence-electron chi connectivity index (χ1n) is 6.44. The Balaban J connectivity index is 1.64. The van der Waals surface area contributed by atoms with Crippen LogP contribution in [0, 0.1) is 5.92 Å². The van der Waals surface area contributed by atoms with E-state index in [1.54, 1.807) is 0 Å². The van der Waals surface area contributed by atoms with Gasteiger partial charge < -0.3 is 14.2 Å². The van der Waals surface area contributed by atoms with Crippen molar-refractivity contribution in [1.82, 2.24) is 0 Å². The summed E-state index contributed by atoms with van der Waals surface area (Å²) in [5, 5.41) is 0. The summed E-state index contributed by atoms with van der Waals surface area (Å²) in [7, 11) is 0. The quantitative estimate of drug-likeness (QED) is 0.721. The molecule has 0 aromatic heterocycles. The van der Waals surface area contributed by atoms with Crippen molar-refractivity contribution in [3.05, 3.63) is 0 Å². The lowest BCUT2D eigenvalue weighted by Gasteiger charge is -2.16. The highest BCUT2D eigenvalue weighted by Gasteiger charge is 2.30. The van der Waals surface area contributed by atoms with Crippen LogP contribution in [0.2, 0.25) is 0 Å². The summed E-state index contributed by atoms with van der Waals surface area (Å²) in [5.41, 5.74) is 0. The molecule has 0 amide bonds. The van der Waals surface area contributed by atoms with Crippen LogP contribution in [0.5, 0.6) is 0 Å². The van der Waals surface area contributed by atoms with Crippen LogP contribution in [-0.2, 0) is 14.2 Å². The summed E-state index contributed by atoms with van der Waals surface area (Å²) in [4.78, 5) is 13.1. The van der Waals surface area contributed by atoms with E-state index in [4.69, 9.17) is 14.2 Å². The van der Waals surface area contributed by atoms with Gasteiger partial charge in [0.2, 0.25) is 0 Å². The first-order chi connectivity index (χ1) is 8.93. The third-order valence-electron chi connectivity index (χ3n) is 3.11. The molecule has 0 aliphatic carbocycles. The maximum atomic E-state index is 5.55. The van der Waals surface area contributed by atoms with Gasteiger partial charge in [0.25, 0.3) is 0 Å². The number of nitrogens with zero attached hydrogens (tertiary/aromatic N) is 3. The Morgan fingerprint density at radius 2 is 1.44 bits per heavy atom. The standard InChI is InChI=1S/C12H17N3O3/c1(2-10-13-3-6-16-10)9(11-14-4-7-17-11)12-15-5-8-18-12/h9H,1-8H2. The summed E-state index contributed by atoms with van der Waals surface area (Å²) in [6.45, 7) is 4.27. The number of aliphatic imine (C=N–C) groups is 3. The average molecular weight is 251 g/mol. The maximum absolute atomic E-state index is 5.55. The molecule has 0 N–H and O–H groups in total. The molecule has 0 bridgehead atoms. The third kappa shape index (κ3) is 2.47. The van der Waals surface area contributed by atoms with Crippen molar-refractivity contribution >= 4 is 17.7 Å². The molecule has 0 radical (unpaired) electrons. The molecule has 3 aliphatic heterocycles. The molecule has 6 heteroatoms. The molecule has 0 saturated heterocycles. The van der Waals surface area contributed by atoms with E-state index in [0.29, 0.717) is 19.8 Å². The molecule has 0 fully saturated rings. The van der Waals surface area contributed by atoms with E-state index in [-0.39, 0.29) is 5.92 Å². The van der Waals surface area contributed by atoms with Gasteiger partial charge in [0.1, 0.15) is 25.7 Å². The maximum Gasteiger partial charge on any atom is 0.196 e. The molecule has 18 heavy (non-hydrogen) atoms. The largest absolute Gasteiger partial charge is 0.479 e. The molecular formula is C12H17N3O3.